The quantitative estimate of drug-likeness (QED) is 0.0318. The van der Waals surface area contributed by atoms with E-state index in [9.17, 15) is 77.6 Å². The number of amides is 9. The predicted octanol–water partition coefficient (Wildman–Crippen LogP) is -3.56. The van der Waals surface area contributed by atoms with Gasteiger partial charge >= 0.3 is 23.9 Å². The lowest BCUT2D eigenvalue weighted by molar-refractivity contribution is -0.143. The van der Waals surface area contributed by atoms with Crippen LogP contribution in [0.15, 0.2) is 24.3 Å². The Kier molecular flexibility index (Phi) is 27.2. The average Bonchev–Trinajstić information content (AvgIpc) is 3.28. The maximum atomic E-state index is 14.0. The topological polar surface area (TPSA) is 471 Å². The smallest absolute Gasteiger partial charge is 0.326 e. The number of carboxylic acid groups (broad SMARTS) is 4. The second-order valence-electron chi connectivity index (χ2n) is 17.9. The molecule has 0 fully saturated rings. The zero-order valence-corrected chi connectivity index (χ0v) is 41.1. The van der Waals surface area contributed by atoms with E-state index in [1.165, 1.54) is 31.2 Å². The molecule has 73 heavy (non-hydrogen) atoms. The number of hydrogen-bond acceptors (Lipinski definition) is 15. The maximum absolute atomic E-state index is 14.0. The van der Waals surface area contributed by atoms with Crippen LogP contribution >= 0.6 is 0 Å². The molecular weight excluding hydrogens is 969 g/mol. The van der Waals surface area contributed by atoms with Gasteiger partial charge in [0.25, 0.3) is 0 Å². The Morgan fingerprint density at radius 1 is 0.493 bits per heavy atom. The fraction of sp³-hybridized carbons (Fsp3) is 0.578. The van der Waals surface area contributed by atoms with E-state index in [-0.39, 0.29) is 43.3 Å². The summed E-state index contributed by atoms with van der Waals surface area (Å²) < 4.78 is 0. The Balaban J connectivity index is 3.34. The molecule has 0 saturated carbocycles. The van der Waals surface area contributed by atoms with Crippen molar-refractivity contribution in [1.29, 1.82) is 0 Å². The Labute approximate surface area is 419 Å². The third-order valence-corrected chi connectivity index (χ3v) is 10.5. The Morgan fingerprint density at radius 3 is 1.40 bits per heavy atom. The highest BCUT2D eigenvalue weighted by Gasteiger charge is 2.34. The highest BCUT2D eigenvalue weighted by Crippen LogP contribution is 2.14. The second-order valence-corrected chi connectivity index (χ2v) is 17.9. The molecule has 28 heteroatoms. The normalized spacial score (nSPS) is 14.2. The summed E-state index contributed by atoms with van der Waals surface area (Å²) in [4.78, 5) is 164. The first-order valence-electron chi connectivity index (χ1n) is 23.1. The van der Waals surface area contributed by atoms with Gasteiger partial charge in [-0.3, -0.25) is 57.5 Å². The molecule has 0 spiro atoms. The summed E-state index contributed by atoms with van der Waals surface area (Å²) in [6.45, 7) is 7.38. The van der Waals surface area contributed by atoms with Gasteiger partial charge in [0.15, 0.2) is 0 Å². The van der Waals surface area contributed by atoms with Crippen LogP contribution in [0.5, 0.6) is 5.75 Å². The number of aliphatic carboxylic acids is 4. The van der Waals surface area contributed by atoms with Gasteiger partial charge < -0.3 is 79.5 Å². The van der Waals surface area contributed by atoms with Gasteiger partial charge in [0, 0.05) is 25.7 Å². The van der Waals surface area contributed by atoms with E-state index in [2.05, 4.69) is 37.2 Å². The van der Waals surface area contributed by atoms with Crippen LogP contribution in [-0.2, 0) is 68.7 Å². The lowest BCUT2D eigenvalue weighted by Gasteiger charge is -2.27. The number of carboxylic acids is 4. The fourth-order valence-electron chi connectivity index (χ4n) is 6.68. The number of carbonyl (C=O) groups is 13. The van der Waals surface area contributed by atoms with E-state index < -0.39 is 170 Å². The van der Waals surface area contributed by atoms with Crippen molar-refractivity contribution in [3.05, 3.63) is 29.8 Å². The van der Waals surface area contributed by atoms with Crippen molar-refractivity contribution in [2.45, 2.75) is 147 Å². The monoisotopic (exact) mass is 1040 g/mol. The predicted molar refractivity (Wildman–Crippen MR) is 253 cm³/mol. The first kappa shape index (κ1) is 63.1. The summed E-state index contributed by atoms with van der Waals surface area (Å²) in [6.07, 6.45) is -4.42. The number of aromatic hydroxyl groups is 1. The first-order valence-corrected chi connectivity index (χ1v) is 23.1. The van der Waals surface area contributed by atoms with Gasteiger partial charge in [-0.2, -0.15) is 0 Å². The minimum atomic E-state index is -1.89. The molecule has 1 aromatic carbocycles. The molecule has 0 aliphatic carbocycles. The zero-order valence-electron chi connectivity index (χ0n) is 41.1. The molecule has 17 N–H and O–H groups in total. The maximum Gasteiger partial charge on any atom is 0.326 e. The van der Waals surface area contributed by atoms with E-state index in [4.69, 9.17) is 21.7 Å². The van der Waals surface area contributed by atoms with E-state index in [1.807, 2.05) is 5.32 Å². The molecule has 0 unspecified atom stereocenters. The summed E-state index contributed by atoms with van der Waals surface area (Å²) >= 11 is 0. The number of rotatable bonds is 34. The molecule has 406 valence electrons. The van der Waals surface area contributed by atoms with Crippen LogP contribution in [0.25, 0.3) is 0 Å². The van der Waals surface area contributed by atoms with Crippen LogP contribution < -0.4 is 54.0 Å². The van der Waals surface area contributed by atoms with Crippen LogP contribution in [0.2, 0.25) is 0 Å². The van der Waals surface area contributed by atoms with Crippen molar-refractivity contribution in [3.63, 3.8) is 0 Å². The van der Waals surface area contributed by atoms with E-state index in [1.54, 1.807) is 27.7 Å². The van der Waals surface area contributed by atoms with E-state index in [0.717, 1.165) is 0 Å². The highest BCUT2D eigenvalue weighted by atomic mass is 16.4. The molecule has 8 atom stereocenters. The SMILES string of the molecule is CC(C)C[C@H](NC(=O)[C@H](Cc1ccc(O)cc1)NC(=O)CNC(=O)[C@H](C)NC(=O)[C@H](CC(C)C)NC(=O)[C@@H](N)CCC(=O)O)C(=O)N[C@@H](CCC(=O)O)C(=O)N[C@@H](CC(N)=O)C(=O)N[C@@H](CCC(=O)O)C(=O)O. The van der Waals surface area contributed by atoms with Crippen LogP contribution in [0, 0.1) is 11.8 Å². The molecule has 0 aromatic heterocycles. The molecule has 0 radical (unpaired) electrons. The molecule has 1 rings (SSSR count). The summed E-state index contributed by atoms with van der Waals surface area (Å²) in [5, 5.41) is 65.3. The number of carbonyl (C=O) groups excluding carboxylic acids is 9. The molecular formula is C45H68N10O18. The van der Waals surface area contributed by atoms with Crippen molar-refractivity contribution in [1.82, 2.24) is 42.5 Å². The molecule has 1 aromatic rings. The standard InChI is InChI=1S/C45H68N10O18/c1-21(2)16-29(53-39(66)26(46)10-13-35(59)60)41(68)49-23(5)38(65)48-20-34(58)50-31(18-24-6-8-25(56)9-7-24)43(70)54-30(17-22(3)4)42(69)51-27(11-14-36(61)62)40(67)55-32(19-33(47)57)44(71)52-28(45(72)73)12-15-37(63)64/h6-9,21-23,26-32,56H,10-20,46H2,1-5H3,(H2,47,57)(H,48,65)(H,49,68)(H,50,58)(H,51,69)(H,52,71)(H,53,66)(H,54,70)(H,55,67)(H,59,60)(H,61,62)(H,63,64)(H,72,73)/t23-,26-,27-,28-,29-,30-,31-,32-/m0/s1. The lowest BCUT2D eigenvalue weighted by atomic mass is 10.00. The van der Waals surface area contributed by atoms with E-state index >= 15 is 0 Å². The largest absolute Gasteiger partial charge is 0.508 e. The van der Waals surface area contributed by atoms with Gasteiger partial charge in [0.1, 0.15) is 48.0 Å². The fourth-order valence-corrected chi connectivity index (χ4v) is 6.68. The summed E-state index contributed by atoms with van der Waals surface area (Å²) in [7, 11) is 0. The van der Waals surface area contributed by atoms with Gasteiger partial charge in [-0.15, -0.1) is 0 Å². The number of phenolic OH excluding ortho intramolecular Hbond substituents is 1. The minimum absolute atomic E-state index is 0.113. The van der Waals surface area contributed by atoms with Crippen molar-refractivity contribution < 1.29 is 87.9 Å². The van der Waals surface area contributed by atoms with Crippen LogP contribution in [0.1, 0.15) is 98.0 Å². The number of nitrogens with one attached hydrogen (secondary N) is 8. The number of benzene rings is 1. The van der Waals surface area contributed by atoms with Gasteiger partial charge in [0.05, 0.1) is 19.0 Å². The molecule has 0 aliphatic rings. The second kappa shape index (κ2) is 31.4. The van der Waals surface area contributed by atoms with Crippen LogP contribution in [-0.4, -0.2) is 157 Å². The molecule has 0 heterocycles. The van der Waals surface area contributed by atoms with Gasteiger partial charge in [-0.1, -0.05) is 39.8 Å². The van der Waals surface area contributed by atoms with Gasteiger partial charge in [0.2, 0.25) is 53.2 Å². The number of hydrogen-bond donors (Lipinski definition) is 15. The molecule has 28 nitrogen and oxygen atoms in total. The van der Waals surface area contributed by atoms with Crippen molar-refractivity contribution in [3.8, 4) is 5.75 Å². The minimum Gasteiger partial charge on any atom is -0.508 e. The van der Waals surface area contributed by atoms with Crippen molar-refractivity contribution in [2.24, 2.45) is 23.3 Å². The zero-order chi connectivity index (χ0) is 55.7. The molecule has 0 bridgehead atoms. The van der Waals surface area contributed by atoms with Gasteiger partial charge in [-0.25, -0.2) is 4.79 Å². The van der Waals surface area contributed by atoms with E-state index in [0.29, 0.717) is 5.56 Å². The van der Waals surface area contributed by atoms with Crippen molar-refractivity contribution in [2.75, 3.05) is 6.54 Å². The molecule has 0 saturated heterocycles. The lowest BCUT2D eigenvalue weighted by Crippen LogP contribution is -2.60. The molecule has 0 aliphatic heterocycles. The summed E-state index contributed by atoms with van der Waals surface area (Å²) in [5.74, 6) is -15.3. The Hall–Kier alpha value is -7.91. The Bertz CT molecular complexity index is 2150. The first-order chi connectivity index (χ1) is 34.0. The number of nitrogens with two attached hydrogens (primary N) is 2. The number of primary amides is 1. The third-order valence-electron chi connectivity index (χ3n) is 10.5. The van der Waals surface area contributed by atoms with Crippen molar-refractivity contribution >= 4 is 77.0 Å². The average molecular weight is 1040 g/mol. The molecule has 9 amide bonds. The Morgan fingerprint density at radius 2 is 0.904 bits per heavy atom. The summed E-state index contributed by atoms with van der Waals surface area (Å²) in [6, 6.07) is -6.70. The van der Waals surface area contributed by atoms with Crippen LogP contribution in [0.4, 0.5) is 0 Å². The highest BCUT2D eigenvalue weighted by molar-refractivity contribution is 5.98. The summed E-state index contributed by atoms with van der Waals surface area (Å²) in [5.41, 5.74) is 11.4. The van der Waals surface area contributed by atoms with Gasteiger partial charge in [-0.05, 0) is 68.6 Å². The van der Waals surface area contributed by atoms with Crippen LogP contribution in [0.3, 0.4) is 0 Å². The number of phenols is 1. The third kappa shape index (κ3) is 25.7.